The largest absolute Gasteiger partial charge is 0.493 e. The monoisotopic (exact) mass is 381 g/mol. The summed E-state index contributed by atoms with van der Waals surface area (Å²) in [5.74, 6) is -0.723. The second kappa shape index (κ2) is 8.95. The number of carbonyl (C=O) groups is 2. The summed E-state index contributed by atoms with van der Waals surface area (Å²) in [6.07, 6.45) is 1.33. The Kier molecular flexibility index (Phi) is 6.44. The van der Waals surface area contributed by atoms with Crippen LogP contribution in [0, 0.1) is 21.4 Å². The molecule has 9 heteroatoms. The maximum Gasteiger partial charge on any atom is 0.308 e. The number of nitro groups is 1. The highest BCUT2D eigenvalue weighted by Crippen LogP contribution is 2.29. The van der Waals surface area contributed by atoms with Crippen molar-refractivity contribution < 1.29 is 24.0 Å². The van der Waals surface area contributed by atoms with Gasteiger partial charge in [-0.25, -0.2) is 0 Å². The van der Waals surface area contributed by atoms with Crippen LogP contribution in [0.5, 0.6) is 11.5 Å². The fourth-order valence-electron chi connectivity index (χ4n) is 2.19. The van der Waals surface area contributed by atoms with Crippen LogP contribution in [-0.4, -0.2) is 23.9 Å². The Balaban J connectivity index is 2.22. The molecule has 0 aromatic heterocycles. The molecule has 0 heterocycles. The molecule has 0 bridgehead atoms. The van der Waals surface area contributed by atoms with Gasteiger partial charge in [0.15, 0.2) is 11.5 Å². The number of anilines is 1. The second-order valence-corrected chi connectivity index (χ2v) is 5.43. The van der Waals surface area contributed by atoms with Gasteiger partial charge in [-0.05, 0) is 35.9 Å². The highest BCUT2D eigenvalue weighted by Gasteiger charge is 2.13. The topological polar surface area (TPSA) is 132 Å². The molecular formula is C19H15N3O6. The quantitative estimate of drug-likeness (QED) is 0.203. The highest BCUT2D eigenvalue weighted by molar-refractivity contribution is 6.09. The molecular weight excluding hydrogens is 366 g/mol. The number of non-ortho nitro benzene ring substituents is 1. The molecule has 0 radical (unpaired) electrons. The Hall–Kier alpha value is -4.19. The van der Waals surface area contributed by atoms with E-state index in [1.165, 1.54) is 56.5 Å². The number of carbonyl (C=O) groups excluding carboxylic acids is 2. The molecule has 0 fully saturated rings. The van der Waals surface area contributed by atoms with E-state index in [0.717, 1.165) is 0 Å². The van der Waals surface area contributed by atoms with Crippen molar-refractivity contribution in [2.45, 2.75) is 6.92 Å². The minimum atomic E-state index is -0.681. The van der Waals surface area contributed by atoms with Crippen LogP contribution in [0.2, 0.25) is 0 Å². The highest BCUT2D eigenvalue weighted by atomic mass is 16.6. The summed E-state index contributed by atoms with van der Waals surface area (Å²) in [6, 6.07) is 11.5. The van der Waals surface area contributed by atoms with Crippen molar-refractivity contribution >= 4 is 29.3 Å². The lowest BCUT2D eigenvalue weighted by atomic mass is 10.1. The molecule has 1 amide bonds. The maximum absolute atomic E-state index is 12.3. The van der Waals surface area contributed by atoms with Crippen LogP contribution >= 0.6 is 0 Å². The Morgan fingerprint density at radius 3 is 2.39 bits per heavy atom. The fourth-order valence-corrected chi connectivity index (χ4v) is 2.19. The third-order valence-electron chi connectivity index (χ3n) is 3.45. The molecule has 1 N–H and O–H groups in total. The van der Waals surface area contributed by atoms with E-state index in [-0.39, 0.29) is 22.8 Å². The van der Waals surface area contributed by atoms with E-state index in [0.29, 0.717) is 11.3 Å². The van der Waals surface area contributed by atoms with Gasteiger partial charge in [-0.3, -0.25) is 19.7 Å². The van der Waals surface area contributed by atoms with Gasteiger partial charge in [0.1, 0.15) is 11.6 Å². The summed E-state index contributed by atoms with van der Waals surface area (Å²) in [5, 5.41) is 22.4. The zero-order valence-electron chi connectivity index (χ0n) is 15.0. The van der Waals surface area contributed by atoms with E-state index < -0.39 is 16.8 Å². The average Bonchev–Trinajstić information content (AvgIpc) is 2.66. The summed E-state index contributed by atoms with van der Waals surface area (Å²) in [5.41, 5.74) is 0.470. The smallest absolute Gasteiger partial charge is 0.308 e. The molecule has 0 aliphatic rings. The zero-order valence-corrected chi connectivity index (χ0v) is 15.0. The molecule has 142 valence electrons. The van der Waals surface area contributed by atoms with Crippen LogP contribution in [0.3, 0.4) is 0 Å². The number of benzene rings is 2. The lowest BCUT2D eigenvalue weighted by molar-refractivity contribution is -0.384. The number of esters is 1. The average molecular weight is 381 g/mol. The molecule has 0 spiro atoms. The van der Waals surface area contributed by atoms with Crippen molar-refractivity contribution in [1.29, 1.82) is 5.26 Å². The van der Waals surface area contributed by atoms with Crippen LogP contribution in [0.25, 0.3) is 6.08 Å². The predicted molar refractivity (Wildman–Crippen MR) is 99.6 cm³/mol. The Labute approximate surface area is 159 Å². The van der Waals surface area contributed by atoms with E-state index in [1.807, 2.05) is 0 Å². The minimum absolute atomic E-state index is 0.117. The number of nitrogens with zero attached hydrogens (tertiary/aromatic N) is 2. The van der Waals surface area contributed by atoms with E-state index in [1.54, 1.807) is 12.1 Å². The molecule has 0 aliphatic carbocycles. The van der Waals surface area contributed by atoms with Gasteiger partial charge in [-0.15, -0.1) is 0 Å². The van der Waals surface area contributed by atoms with Crippen molar-refractivity contribution in [3.8, 4) is 17.6 Å². The number of nitro benzene ring substituents is 1. The number of rotatable bonds is 6. The standard InChI is InChI=1S/C19H15N3O6/c1-12(23)28-17-8-3-13(10-18(17)27-2)9-14(11-20)19(24)21-15-4-6-16(7-5-15)22(25)26/h3-10H,1-2H3,(H,21,24). The van der Waals surface area contributed by atoms with Crippen molar-refractivity contribution in [3.63, 3.8) is 0 Å². The lowest BCUT2D eigenvalue weighted by Crippen LogP contribution is -2.13. The summed E-state index contributed by atoms with van der Waals surface area (Å²) < 4.78 is 10.1. The third-order valence-corrected chi connectivity index (χ3v) is 3.45. The van der Waals surface area contributed by atoms with Crippen LogP contribution in [0.1, 0.15) is 12.5 Å². The minimum Gasteiger partial charge on any atom is -0.493 e. The SMILES string of the molecule is COc1cc(C=C(C#N)C(=O)Nc2ccc([N+](=O)[O-])cc2)ccc1OC(C)=O. The van der Waals surface area contributed by atoms with Crippen LogP contribution in [-0.2, 0) is 9.59 Å². The number of hydrogen-bond acceptors (Lipinski definition) is 7. The van der Waals surface area contributed by atoms with Gasteiger partial charge in [0.25, 0.3) is 11.6 Å². The van der Waals surface area contributed by atoms with Crippen LogP contribution in [0.4, 0.5) is 11.4 Å². The van der Waals surface area contributed by atoms with E-state index in [4.69, 9.17) is 9.47 Å². The normalized spacial score (nSPS) is 10.5. The number of nitriles is 1. The van der Waals surface area contributed by atoms with Gasteiger partial charge < -0.3 is 14.8 Å². The van der Waals surface area contributed by atoms with E-state index in [9.17, 15) is 25.0 Å². The second-order valence-electron chi connectivity index (χ2n) is 5.43. The lowest BCUT2D eigenvalue weighted by Gasteiger charge is -2.09. The first-order chi connectivity index (χ1) is 13.3. The number of methoxy groups -OCH3 is 1. The summed E-state index contributed by atoms with van der Waals surface area (Å²) >= 11 is 0. The van der Waals surface area contributed by atoms with Crippen molar-refractivity contribution in [3.05, 3.63) is 63.7 Å². The first-order valence-electron chi connectivity index (χ1n) is 7.88. The van der Waals surface area contributed by atoms with Crippen molar-refractivity contribution in [2.24, 2.45) is 0 Å². The molecule has 0 aliphatic heterocycles. The number of nitrogens with one attached hydrogen (secondary N) is 1. The van der Waals surface area contributed by atoms with Crippen molar-refractivity contribution in [2.75, 3.05) is 12.4 Å². The molecule has 0 atom stereocenters. The van der Waals surface area contributed by atoms with Crippen LogP contribution < -0.4 is 14.8 Å². The molecule has 9 nitrogen and oxygen atoms in total. The first kappa shape index (κ1) is 20.1. The van der Waals surface area contributed by atoms with Gasteiger partial charge in [0.2, 0.25) is 0 Å². The third kappa shape index (κ3) is 5.15. The molecule has 2 rings (SSSR count). The Morgan fingerprint density at radius 1 is 1.18 bits per heavy atom. The molecule has 0 saturated carbocycles. The summed E-state index contributed by atoms with van der Waals surface area (Å²) in [6.45, 7) is 1.25. The number of amides is 1. The molecule has 0 saturated heterocycles. The Bertz CT molecular complexity index is 990. The number of hydrogen-bond donors (Lipinski definition) is 1. The van der Waals surface area contributed by atoms with E-state index in [2.05, 4.69) is 5.32 Å². The first-order valence-corrected chi connectivity index (χ1v) is 7.88. The molecule has 28 heavy (non-hydrogen) atoms. The summed E-state index contributed by atoms with van der Waals surface area (Å²) in [4.78, 5) is 33.5. The van der Waals surface area contributed by atoms with Gasteiger partial charge in [-0.2, -0.15) is 5.26 Å². The van der Waals surface area contributed by atoms with E-state index >= 15 is 0 Å². The predicted octanol–water partition coefficient (Wildman–Crippen LogP) is 3.07. The summed E-state index contributed by atoms with van der Waals surface area (Å²) in [7, 11) is 1.39. The van der Waals surface area contributed by atoms with Gasteiger partial charge in [0, 0.05) is 24.7 Å². The zero-order chi connectivity index (χ0) is 20.7. The van der Waals surface area contributed by atoms with Crippen molar-refractivity contribution in [1.82, 2.24) is 0 Å². The molecule has 2 aromatic rings. The number of ether oxygens (including phenoxy) is 2. The van der Waals surface area contributed by atoms with Crippen LogP contribution in [0.15, 0.2) is 48.0 Å². The van der Waals surface area contributed by atoms with Gasteiger partial charge >= 0.3 is 5.97 Å². The molecule has 2 aromatic carbocycles. The van der Waals surface area contributed by atoms with Gasteiger partial charge in [-0.1, -0.05) is 6.07 Å². The molecule has 0 unspecified atom stereocenters. The van der Waals surface area contributed by atoms with Gasteiger partial charge in [0.05, 0.1) is 12.0 Å². The maximum atomic E-state index is 12.3. The fraction of sp³-hybridized carbons (Fsp3) is 0.105. The Morgan fingerprint density at radius 2 is 1.86 bits per heavy atom.